The molecule has 5 heteroatoms. The highest BCUT2D eigenvalue weighted by molar-refractivity contribution is 5.80. The van der Waals surface area contributed by atoms with Gasteiger partial charge in [-0.1, -0.05) is 30.3 Å². The largest absolute Gasteiger partial charge is 0.381 e. The monoisotopic (exact) mass is 358 g/mol. The van der Waals surface area contributed by atoms with E-state index in [0.717, 1.165) is 38.5 Å². The molecule has 1 saturated carbocycles. The zero-order chi connectivity index (χ0) is 18.4. The lowest BCUT2D eigenvalue weighted by Crippen LogP contribution is -2.53. The van der Waals surface area contributed by atoms with E-state index in [1.165, 1.54) is 5.56 Å². The average molecular weight is 358 g/mol. The van der Waals surface area contributed by atoms with Crippen LogP contribution in [0.3, 0.4) is 0 Å². The number of benzene rings is 1. The van der Waals surface area contributed by atoms with Crippen LogP contribution in [0.15, 0.2) is 30.3 Å². The molecular weight excluding hydrogens is 328 g/mol. The average Bonchev–Trinajstić information content (AvgIpc) is 2.67. The number of carbonyl (C=O) groups excluding carboxylic acids is 2. The molecule has 2 aliphatic rings. The number of rotatable bonds is 7. The highest BCUT2D eigenvalue weighted by atomic mass is 16.5. The Kier molecular flexibility index (Phi) is 6.67. The second kappa shape index (κ2) is 9.17. The Morgan fingerprint density at radius 2 is 2.04 bits per heavy atom. The molecular formula is C21H30N2O3. The Morgan fingerprint density at radius 1 is 1.23 bits per heavy atom. The molecule has 5 nitrogen and oxygen atoms in total. The second-order valence-corrected chi connectivity index (χ2v) is 7.60. The van der Waals surface area contributed by atoms with Crippen LogP contribution in [0.5, 0.6) is 0 Å². The van der Waals surface area contributed by atoms with Crippen LogP contribution in [0, 0.1) is 11.8 Å². The summed E-state index contributed by atoms with van der Waals surface area (Å²) < 4.78 is 5.45. The molecule has 1 aromatic carbocycles. The zero-order valence-electron chi connectivity index (χ0n) is 15.6. The molecule has 1 heterocycles. The number of hydrogen-bond acceptors (Lipinski definition) is 3. The van der Waals surface area contributed by atoms with E-state index in [1.807, 2.05) is 30.3 Å². The zero-order valence-corrected chi connectivity index (χ0v) is 15.6. The van der Waals surface area contributed by atoms with Crippen molar-refractivity contribution < 1.29 is 14.3 Å². The number of nitrogens with one attached hydrogen (secondary N) is 2. The molecule has 0 aromatic heterocycles. The first kappa shape index (κ1) is 18.9. The highest BCUT2D eigenvalue weighted by Crippen LogP contribution is 2.35. The first-order valence-corrected chi connectivity index (χ1v) is 9.79. The van der Waals surface area contributed by atoms with Gasteiger partial charge in [-0.3, -0.25) is 9.59 Å². The molecule has 1 saturated heterocycles. The molecule has 2 fully saturated rings. The van der Waals surface area contributed by atoms with E-state index in [1.54, 1.807) is 7.11 Å². The van der Waals surface area contributed by atoms with Crippen molar-refractivity contribution >= 4 is 11.8 Å². The number of ether oxygens (including phenoxy) is 1. The molecule has 3 rings (SSSR count). The predicted molar refractivity (Wildman–Crippen MR) is 101 cm³/mol. The molecule has 4 atom stereocenters. The minimum Gasteiger partial charge on any atom is -0.381 e. The van der Waals surface area contributed by atoms with E-state index >= 15 is 0 Å². The Balaban J connectivity index is 1.37. The molecule has 1 aromatic rings. The van der Waals surface area contributed by atoms with Gasteiger partial charge >= 0.3 is 0 Å². The van der Waals surface area contributed by atoms with Crippen molar-refractivity contribution in [2.75, 3.05) is 13.7 Å². The van der Waals surface area contributed by atoms with Crippen LogP contribution >= 0.6 is 0 Å². The highest BCUT2D eigenvalue weighted by Gasteiger charge is 2.39. The third-order valence-corrected chi connectivity index (χ3v) is 5.86. The van der Waals surface area contributed by atoms with Gasteiger partial charge in [-0.25, -0.2) is 0 Å². The van der Waals surface area contributed by atoms with Crippen molar-refractivity contribution in [2.24, 2.45) is 11.8 Å². The molecule has 2 amide bonds. The van der Waals surface area contributed by atoms with Crippen LogP contribution in [0.1, 0.15) is 44.1 Å². The summed E-state index contributed by atoms with van der Waals surface area (Å²) in [4.78, 5) is 24.4. The molecule has 142 valence electrons. The van der Waals surface area contributed by atoms with Crippen LogP contribution in [-0.2, 0) is 20.7 Å². The van der Waals surface area contributed by atoms with Gasteiger partial charge in [-0.05, 0) is 50.0 Å². The van der Waals surface area contributed by atoms with Crippen LogP contribution in [-0.4, -0.2) is 37.6 Å². The van der Waals surface area contributed by atoms with E-state index in [-0.39, 0.29) is 29.9 Å². The summed E-state index contributed by atoms with van der Waals surface area (Å²) in [6, 6.07) is 10.3. The normalized spacial score (nSPS) is 28.1. The maximum Gasteiger partial charge on any atom is 0.223 e. The number of carbonyl (C=O) groups is 2. The first-order valence-electron chi connectivity index (χ1n) is 9.79. The van der Waals surface area contributed by atoms with E-state index in [4.69, 9.17) is 4.74 Å². The third-order valence-electron chi connectivity index (χ3n) is 5.86. The summed E-state index contributed by atoms with van der Waals surface area (Å²) >= 11 is 0. The number of hydrogen-bond donors (Lipinski definition) is 2. The van der Waals surface area contributed by atoms with Crippen molar-refractivity contribution in [3.05, 3.63) is 35.9 Å². The van der Waals surface area contributed by atoms with Gasteiger partial charge in [0.05, 0.1) is 6.10 Å². The molecule has 2 N–H and O–H groups in total. The molecule has 4 unspecified atom stereocenters. The quantitative estimate of drug-likeness (QED) is 0.787. The molecule has 1 aliphatic carbocycles. The summed E-state index contributed by atoms with van der Waals surface area (Å²) in [7, 11) is 1.75. The van der Waals surface area contributed by atoms with Crippen molar-refractivity contribution in [1.82, 2.24) is 10.6 Å². The number of amides is 2. The van der Waals surface area contributed by atoms with Crippen LogP contribution in [0.2, 0.25) is 0 Å². The van der Waals surface area contributed by atoms with Gasteiger partial charge in [0.25, 0.3) is 0 Å². The van der Waals surface area contributed by atoms with Crippen molar-refractivity contribution in [3.8, 4) is 0 Å². The number of piperidine rings is 1. The Labute approximate surface area is 155 Å². The fraction of sp³-hybridized carbons (Fsp3) is 0.619. The number of fused-ring (bicyclic) bond motifs is 1. The predicted octanol–water partition coefficient (Wildman–Crippen LogP) is 2.45. The SMILES string of the molecule is COC1CCC2CC(CCNC(=O)CCc3ccccc3)C(=O)NC2C1. The maximum atomic E-state index is 12.4. The summed E-state index contributed by atoms with van der Waals surface area (Å²) in [6.07, 6.45) is 6.30. The van der Waals surface area contributed by atoms with E-state index < -0.39 is 0 Å². The summed E-state index contributed by atoms with van der Waals surface area (Å²) in [5.41, 5.74) is 1.17. The Hall–Kier alpha value is -1.88. The first-order chi connectivity index (χ1) is 12.7. The van der Waals surface area contributed by atoms with Crippen molar-refractivity contribution in [3.63, 3.8) is 0 Å². The van der Waals surface area contributed by atoms with Gasteiger partial charge in [0.2, 0.25) is 11.8 Å². The van der Waals surface area contributed by atoms with E-state index in [9.17, 15) is 9.59 Å². The van der Waals surface area contributed by atoms with Gasteiger partial charge < -0.3 is 15.4 Å². The lowest BCUT2D eigenvalue weighted by Gasteiger charge is -2.41. The standard InChI is InChI=1S/C21H30N2O3/c1-26-18-9-8-16-13-17(21(25)23-19(16)14-18)11-12-22-20(24)10-7-15-5-3-2-4-6-15/h2-6,16-19H,7-14H2,1H3,(H,22,24)(H,23,25). The van der Waals surface area contributed by atoms with Crippen LogP contribution in [0.25, 0.3) is 0 Å². The Morgan fingerprint density at radius 3 is 2.81 bits per heavy atom. The molecule has 0 radical (unpaired) electrons. The van der Waals surface area contributed by atoms with Gasteiger partial charge in [0, 0.05) is 32.0 Å². The fourth-order valence-electron chi connectivity index (χ4n) is 4.27. The maximum absolute atomic E-state index is 12.4. The van der Waals surface area contributed by atoms with Crippen LogP contribution in [0.4, 0.5) is 0 Å². The van der Waals surface area contributed by atoms with E-state index in [2.05, 4.69) is 10.6 Å². The molecule has 0 bridgehead atoms. The van der Waals surface area contributed by atoms with Gasteiger partial charge in [0.1, 0.15) is 0 Å². The minimum atomic E-state index is 0.0183. The van der Waals surface area contributed by atoms with Gasteiger partial charge in [-0.2, -0.15) is 0 Å². The molecule has 26 heavy (non-hydrogen) atoms. The summed E-state index contributed by atoms with van der Waals surface area (Å²) in [6.45, 7) is 0.573. The molecule has 0 spiro atoms. The van der Waals surface area contributed by atoms with Crippen molar-refractivity contribution in [1.29, 1.82) is 0 Å². The fourth-order valence-corrected chi connectivity index (χ4v) is 4.27. The summed E-state index contributed by atoms with van der Waals surface area (Å²) in [5.74, 6) is 0.771. The molecule has 1 aliphatic heterocycles. The number of methoxy groups -OCH3 is 1. The lowest BCUT2D eigenvalue weighted by atomic mass is 9.74. The second-order valence-electron chi connectivity index (χ2n) is 7.60. The van der Waals surface area contributed by atoms with Crippen LogP contribution < -0.4 is 10.6 Å². The topological polar surface area (TPSA) is 67.4 Å². The van der Waals surface area contributed by atoms with Gasteiger partial charge in [-0.15, -0.1) is 0 Å². The van der Waals surface area contributed by atoms with E-state index in [0.29, 0.717) is 18.9 Å². The summed E-state index contributed by atoms with van der Waals surface area (Å²) in [5, 5.41) is 6.16. The minimum absolute atomic E-state index is 0.0183. The smallest absolute Gasteiger partial charge is 0.223 e. The van der Waals surface area contributed by atoms with Crippen molar-refractivity contribution in [2.45, 2.75) is 57.1 Å². The Bertz CT molecular complexity index is 605. The lowest BCUT2D eigenvalue weighted by molar-refractivity contribution is -0.131. The third kappa shape index (κ3) is 5.07. The number of aryl methyl sites for hydroxylation is 1. The van der Waals surface area contributed by atoms with Gasteiger partial charge in [0.15, 0.2) is 0 Å².